The van der Waals surface area contributed by atoms with Crippen LogP contribution < -0.4 is 16.0 Å². The lowest BCUT2D eigenvalue weighted by Crippen LogP contribution is -2.40. The smallest absolute Gasteiger partial charge is 0.322 e. The Morgan fingerprint density at radius 1 is 1.09 bits per heavy atom. The Balaban J connectivity index is 1.43. The van der Waals surface area contributed by atoms with Crippen molar-refractivity contribution in [2.75, 3.05) is 0 Å². The first-order valence-electron chi connectivity index (χ1n) is 11.1. The Bertz CT molecular complexity index is 1490. The summed E-state index contributed by atoms with van der Waals surface area (Å²) in [7, 11) is 0. The summed E-state index contributed by atoms with van der Waals surface area (Å²) in [6, 6.07) is 16.2. The molecule has 0 spiro atoms. The molecule has 0 radical (unpaired) electrons. The monoisotopic (exact) mass is 469 g/mol. The van der Waals surface area contributed by atoms with Crippen LogP contribution in [0, 0.1) is 13.8 Å². The van der Waals surface area contributed by atoms with E-state index in [2.05, 4.69) is 26.1 Å². The van der Waals surface area contributed by atoms with Crippen LogP contribution in [0.2, 0.25) is 0 Å². The number of carbonyl (C=O) groups excluding carboxylic acids is 3. The largest absolute Gasteiger partial charge is 0.348 e. The summed E-state index contributed by atoms with van der Waals surface area (Å²) in [4.78, 5) is 41.8. The van der Waals surface area contributed by atoms with Gasteiger partial charge in [0.15, 0.2) is 0 Å². The van der Waals surface area contributed by atoms with Crippen LogP contribution in [-0.2, 0) is 16.9 Å². The number of carbonyl (C=O) groups is 3. The molecule has 5 rings (SSSR count). The lowest BCUT2D eigenvalue weighted by atomic mass is 9.91. The average molecular weight is 470 g/mol. The topological polar surface area (TPSA) is 126 Å². The van der Waals surface area contributed by atoms with E-state index in [1.54, 1.807) is 38.1 Å². The van der Waals surface area contributed by atoms with E-state index in [0.29, 0.717) is 33.6 Å². The molecule has 1 fully saturated rings. The van der Waals surface area contributed by atoms with Crippen LogP contribution in [0.5, 0.6) is 0 Å². The second-order valence-electron chi connectivity index (χ2n) is 8.79. The third kappa shape index (κ3) is 4.01. The maximum atomic E-state index is 13.3. The Kier molecular flexibility index (Phi) is 5.32. The number of hydrogen-bond donors (Lipinski definition) is 3. The minimum atomic E-state index is -1.17. The maximum Gasteiger partial charge on any atom is 0.322 e. The van der Waals surface area contributed by atoms with Gasteiger partial charge in [-0.15, -0.1) is 0 Å². The van der Waals surface area contributed by atoms with Crippen LogP contribution in [0.15, 0.2) is 59.1 Å². The maximum absolute atomic E-state index is 13.3. The van der Waals surface area contributed by atoms with Gasteiger partial charge in [0.25, 0.3) is 17.5 Å². The molecule has 1 atom stereocenters. The fourth-order valence-electron chi connectivity index (χ4n) is 4.16. The van der Waals surface area contributed by atoms with Gasteiger partial charge in [0.1, 0.15) is 5.54 Å². The summed E-state index contributed by atoms with van der Waals surface area (Å²) in [6.07, 6.45) is 0. The van der Waals surface area contributed by atoms with Gasteiger partial charge in [-0.2, -0.15) is 0 Å². The van der Waals surface area contributed by atoms with Crippen LogP contribution in [0.4, 0.5) is 4.79 Å². The highest BCUT2D eigenvalue weighted by molar-refractivity contribution is 6.08. The Morgan fingerprint density at radius 3 is 2.57 bits per heavy atom. The van der Waals surface area contributed by atoms with Crippen LogP contribution in [0.3, 0.4) is 0 Å². The molecule has 4 amide bonds. The number of benzene rings is 2. The zero-order valence-electron chi connectivity index (χ0n) is 19.4. The van der Waals surface area contributed by atoms with Crippen molar-refractivity contribution in [1.29, 1.82) is 0 Å². The SMILES string of the molecule is Cc1ccc(-c2cc(C(=O)NCc3cccc(C4(C)NC(=O)NC4=O)c3)c3c(C)noc3n2)cc1. The molecule has 3 heterocycles. The average Bonchev–Trinajstić information content (AvgIpc) is 3.35. The predicted molar refractivity (Wildman–Crippen MR) is 128 cm³/mol. The fraction of sp³-hybridized carbons (Fsp3) is 0.192. The molecule has 35 heavy (non-hydrogen) atoms. The van der Waals surface area contributed by atoms with Crippen molar-refractivity contribution >= 4 is 28.9 Å². The molecule has 1 aliphatic rings. The molecule has 0 aliphatic carbocycles. The highest BCUT2D eigenvalue weighted by Gasteiger charge is 2.43. The molecule has 4 aromatic rings. The van der Waals surface area contributed by atoms with E-state index in [0.717, 1.165) is 16.7 Å². The van der Waals surface area contributed by atoms with Gasteiger partial charge in [0.05, 0.1) is 22.3 Å². The summed E-state index contributed by atoms with van der Waals surface area (Å²) in [6.45, 7) is 5.62. The van der Waals surface area contributed by atoms with Crippen LogP contribution in [-0.4, -0.2) is 28.0 Å². The third-order valence-corrected chi connectivity index (χ3v) is 6.21. The molecule has 176 valence electrons. The second-order valence-corrected chi connectivity index (χ2v) is 8.79. The van der Waals surface area contributed by atoms with Crippen LogP contribution in [0.1, 0.15) is 39.7 Å². The summed E-state index contributed by atoms with van der Waals surface area (Å²) < 4.78 is 5.38. The zero-order chi connectivity index (χ0) is 24.7. The van der Waals surface area contributed by atoms with Gasteiger partial charge in [-0.1, -0.05) is 59.3 Å². The van der Waals surface area contributed by atoms with Crippen molar-refractivity contribution in [3.05, 3.63) is 82.5 Å². The molecule has 1 aliphatic heterocycles. The molecule has 2 aromatic carbocycles. The van der Waals surface area contributed by atoms with Gasteiger partial charge in [0.2, 0.25) is 0 Å². The fourth-order valence-corrected chi connectivity index (χ4v) is 4.16. The lowest BCUT2D eigenvalue weighted by molar-refractivity contribution is -0.123. The van der Waals surface area contributed by atoms with E-state index in [1.807, 2.05) is 37.3 Å². The van der Waals surface area contributed by atoms with Crippen molar-refractivity contribution in [3.63, 3.8) is 0 Å². The Labute approximate surface area is 200 Å². The van der Waals surface area contributed by atoms with Crippen molar-refractivity contribution < 1.29 is 18.9 Å². The normalized spacial score (nSPS) is 17.3. The van der Waals surface area contributed by atoms with Gasteiger partial charge < -0.3 is 15.2 Å². The Hall–Kier alpha value is -4.53. The first-order chi connectivity index (χ1) is 16.7. The number of aromatic nitrogens is 2. The molecule has 2 aromatic heterocycles. The highest BCUT2D eigenvalue weighted by Crippen LogP contribution is 2.28. The molecule has 9 nitrogen and oxygen atoms in total. The number of nitrogens with zero attached hydrogens (tertiary/aromatic N) is 2. The molecule has 1 unspecified atom stereocenters. The third-order valence-electron chi connectivity index (χ3n) is 6.21. The molecule has 3 N–H and O–H groups in total. The minimum Gasteiger partial charge on any atom is -0.348 e. The zero-order valence-corrected chi connectivity index (χ0v) is 19.4. The van der Waals surface area contributed by atoms with Crippen LogP contribution in [0.25, 0.3) is 22.4 Å². The molecule has 0 bridgehead atoms. The van der Waals surface area contributed by atoms with Gasteiger partial charge in [-0.3, -0.25) is 14.9 Å². The second kappa shape index (κ2) is 8.35. The summed E-state index contributed by atoms with van der Waals surface area (Å²) in [5.74, 6) is -0.727. The molecule has 0 saturated carbocycles. The number of amides is 4. The van der Waals surface area contributed by atoms with E-state index in [-0.39, 0.29) is 12.5 Å². The number of urea groups is 1. The number of fused-ring (bicyclic) bond motifs is 1. The number of nitrogens with one attached hydrogen (secondary N) is 3. The number of hydrogen-bond acceptors (Lipinski definition) is 6. The minimum absolute atomic E-state index is 0.215. The number of rotatable bonds is 5. The number of imide groups is 1. The lowest BCUT2D eigenvalue weighted by Gasteiger charge is -2.21. The van der Waals surface area contributed by atoms with E-state index in [4.69, 9.17) is 4.52 Å². The first-order valence-corrected chi connectivity index (χ1v) is 11.1. The predicted octanol–water partition coefficient (Wildman–Crippen LogP) is 3.49. The van der Waals surface area contributed by atoms with E-state index in [1.165, 1.54) is 0 Å². The first kappa shape index (κ1) is 22.3. The number of aryl methyl sites for hydroxylation is 2. The van der Waals surface area contributed by atoms with Crippen molar-refractivity contribution in [2.24, 2.45) is 0 Å². The van der Waals surface area contributed by atoms with Gasteiger partial charge in [-0.05, 0) is 38.0 Å². The molecular weight excluding hydrogens is 446 g/mol. The van der Waals surface area contributed by atoms with Crippen molar-refractivity contribution in [1.82, 2.24) is 26.1 Å². The molecule has 9 heteroatoms. The molecular formula is C26H23N5O4. The van der Waals surface area contributed by atoms with Crippen molar-refractivity contribution in [2.45, 2.75) is 32.9 Å². The quantitative estimate of drug-likeness (QED) is 0.384. The summed E-state index contributed by atoms with van der Waals surface area (Å²) >= 11 is 0. The summed E-state index contributed by atoms with van der Waals surface area (Å²) in [5, 5.41) is 12.4. The van der Waals surface area contributed by atoms with E-state index < -0.39 is 17.5 Å². The number of pyridine rings is 1. The van der Waals surface area contributed by atoms with Gasteiger partial charge in [-0.25, -0.2) is 9.78 Å². The Morgan fingerprint density at radius 2 is 1.86 bits per heavy atom. The van der Waals surface area contributed by atoms with Gasteiger partial charge in [0, 0.05) is 12.1 Å². The standard InChI is InChI=1S/C26H23N5O4/c1-14-7-9-17(10-8-14)20-12-19(21-15(2)31-35-23(21)28-20)22(32)27-13-16-5-4-6-18(11-16)26(3)24(33)29-25(34)30-26/h4-12H,13H2,1-3H3,(H,27,32)(H2,29,30,33,34). The van der Waals surface area contributed by atoms with E-state index in [9.17, 15) is 14.4 Å². The van der Waals surface area contributed by atoms with E-state index >= 15 is 0 Å². The molecule has 1 saturated heterocycles. The summed E-state index contributed by atoms with van der Waals surface area (Å²) in [5.41, 5.74) is 4.10. The van der Waals surface area contributed by atoms with Crippen molar-refractivity contribution in [3.8, 4) is 11.3 Å². The van der Waals surface area contributed by atoms with Gasteiger partial charge >= 0.3 is 6.03 Å². The van der Waals surface area contributed by atoms with Crippen LogP contribution >= 0.6 is 0 Å². The highest BCUT2D eigenvalue weighted by atomic mass is 16.5.